The maximum absolute atomic E-state index is 12.5. The fourth-order valence-electron chi connectivity index (χ4n) is 2.61. The number of ether oxygens (including phenoxy) is 1. The van der Waals surface area contributed by atoms with Crippen molar-refractivity contribution in [1.82, 2.24) is 4.90 Å². The van der Waals surface area contributed by atoms with Crippen LogP contribution in [0.5, 0.6) is 5.75 Å². The molecule has 4 nitrogen and oxygen atoms in total. The summed E-state index contributed by atoms with van der Waals surface area (Å²) in [5.74, 6) is 1.34. The summed E-state index contributed by atoms with van der Waals surface area (Å²) in [6, 6.07) is 5.65. The molecule has 1 aliphatic heterocycles. The first-order chi connectivity index (χ1) is 9.52. The molecule has 0 saturated carbocycles. The van der Waals surface area contributed by atoms with E-state index in [2.05, 4.69) is 15.9 Å². The van der Waals surface area contributed by atoms with Gasteiger partial charge in [-0.3, -0.25) is 4.79 Å². The molecular formula is C15H21BrN2O2. The normalized spacial score (nSPS) is 17.9. The third-order valence-corrected chi connectivity index (χ3v) is 4.59. The second-order valence-electron chi connectivity index (χ2n) is 5.34. The van der Waals surface area contributed by atoms with Gasteiger partial charge in [-0.05, 0) is 59.8 Å². The molecule has 1 aliphatic rings. The van der Waals surface area contributed by atoms with Gasteiger partial charge in [0.15, 0.2) is 0 Å². The van der Waals surface area contributed by atoms with Crippen molar-refractivity contribution < 1.29 is 9.53 Å². The zero-order valence-corrected chi connectivity index (χ0v) is 13.5. The molecule has 0 bridgehead atoms. The highest BCUT2D eigenvalue weighted by molar-refractivity contribution is 9.10. The summed E-state index contributed by atoms with van der Waals surface area (Å²) in [5, 5.41) is 0. The third kappa shape index (κ3) is 3.33. The smallest absolute Gasteiger partial charge is 0.253 e. The Labute approximate surface area is 128 Å². The second-order valence-corrected chi connectivity index (χ2v) is 6.19. The molecule has 0 radical (unpaired) electrons. The summed E-state index contributed by atoms with van der Waals surface area (Å²) < 4.78 is 5.98. The molecule has 1 heterocycles. The number of benzene rings is 1. The number of nitrogens with two attached hydrogens (primary N) is 1. The van der Waals surface area contributed by atoms with E-state index in [0.717, 1.165) is 36.2 Å². The number of likely N-dealkylation sites (tertiary alicyclic amines) is 1. The topological polar surface area (TPSA) is 55.6 Å². The number of hydrogen-bond acceptors (Lipinski definition) is 3. The van der Waals surface area contributed by atoms with E-state index in [0.29, 0.717) is 11.5 Å². The summed E-state index contributed by atoms with van der Waals surface area (Å²) >= 11 is 3.42. The standard InChI is InChI=1S/C15H21BrN2O2/c1-10(17)11-5-7-18(8-6-11)15(19)12-3-4-14(20-2)13(16)9-12/h3-4,9-11H,5-8,17H2,1-2H3. The molecule has 0 aliphatic carbocycles. The Morgan fingerprint density at radius 3 is 2.60 bits per heavy atom. The lowest BCUT2D eigenvalue weighted by Gasteiger charge is -2.33. The average molecular weight is 341 g/mol. The van der Waals surface area contributed by atoms with Crippen molar-refractivity contribution in [2.45, 2.75) is 25.8 Å². The number of rotatable bonds is 3. The summed E-state index contributed by atoms with van der Waals surface area (Å²) in [6.45, 7) is 3.62. The minimum Gasteiger partial charge on any atom is -0.496 e. The maximum Gasteiger partial charge on any atom is 0.253 e. The SMILES string of the molecule is COc1ccc(C(=O)N2CCC(C(C)N)CC2)cc1Br. The van der Waals surface area contributed by atoms with E-state index in [-0.39, 0.29) is 11.9 Å². The molecule has 0 spiro atoms. The molecule has 2 N–H and O–H groups in total. The van der Waals surface area contributed by atoms with Crippen molar-refractivity contribution in [2.75, 3.05) is 20.2 Å². The number of carbonyl (C=O) groups excluding carboxylic acids is 1. The highest BCUT2D eigenvalue weighted by Crippen LogP contribution is 2.27. The molecule has 1 saturated heterocycles. The second kappa shape index (κ2) is 6.59. The van der Waals surface area contributed by atoms with Crippen molar-refractivity contribution in [3.8, 4) is 5.75 Å². The van der Waals surface area contributed by atoms with Crippen molar-refractivity contribution in [3.63, 3.8) is 0 Å². The van der Waals surface area contributed by atoms with E-state index in [1.165, 1.54) is 0 Å². The minimum absolute atomic E-state index is 0.0801. The van der Waals surface area contributed by atoms with Gasteiger partial charge in [-0.2, -0.15) is 0 Å². The lowest BCUT2D eigenvalue weighted by Crippen LogP contribution is -2.42. The predicted molar refractivity (Wildman–Crippen MR) is 83.0 cm³/mol. The van der Waals surface area contributed by atoms with Crippen LogP contribution in [0, 0.1) is 5.92 Å². The highest BCUT2D eigenvalue weighted by atomic mass is 79.9. The molecule has 1 amide bonds. The monoisotopic (exact) mass is 340 g/mol. The third-order valence-electron chi connectivity index (χ3n) is 3.97. The summed E-state index contributed by atoms with van der Waals surface area (Å²) in [7, 11) is 1.61. The van der Waals surface area contributed by atoms with Crippen LogP contribution >= 0.6 is 15.9 Å². The first-order valence-corrected chi connectivity index (χ1v) is 7.70. The lowest BCUT2D eigenvalue weighted by molar-refractivity contribution is 0.0681. The molecule has 1 unspecified atom stereocenters. The maximum atomic E-state index is 12.5. The predicted octanol–water partition coefficient (Wildman–Crippen LogP) is 2.66. The van der Waals surface area contributed by atoms with Gasteiger partial charge in [-0.25, -0.2) is 0 Å². The van der Waals surface area contributed by atoms with Gasteiger partial charge >= 0.3 is 0 Å². The van der Waals surface area contributed by atoms with Crippen molar-refractivity contribution in [2.24, 2.45) is 11.7 Å². The van der Waals surface area contributed by atoms with Crippen molar-refractivity contribution in [3.05, 3.63) is 28.2 Å². The number of hydrogen-bond donors (Lipinski definition) is 1. The molecule has 5 heteroatoms. The Bertz CT molecular complexity index is 483. The molecule has 2 rings (SSSR count). The molecule has 110 valence electrons. The number of nitrogens with zero attached hydrogens (tertiary/aromatic N) is 1. The molecular weight excluding hydrogens is 320 g/mol. The summed E-state index contributed by atoms with van der Waals surface area (Å²) in [6.07, 6.45) is 1.97. The Morgan fingerprint density at radius 2 is 2.10 bits per heavy atom. The summed E-state index contributed by atoms with van der Waals surface area (Å²) in [4.78, 5) is 14.4. The Hall–Kier alpha value is -1.07. The fourth-order valence-corrected chi connectivity index (χ4v) is 3.15. The van der Waals surface area contributed by atoms with Crippen LogP contribution in [-0.4, -0.2) is 37.0 Å². The van der Waals surface area contributed by atoms with E-state index in [1.54, 1.807) is 7.11 Å². The Balaban J connectivity index is 2.04. The van der Waals surface area contributed by atoms with Gasteiger partial charge in [0.2, 0.25) is 0 Å². The van der Waals surface area contributed by atoms with Crippen molar-refractivity contribution >= 4 is 21.8 Å². The first kappa shape index (κ1) is 15.3. The number of piperidine rings is 1. The van der Waals surface area contributed by atoms with Crippen LogP contribution in [-0.2, 0) is 0 Å². The Kier molecular flexibility index (Phi) is 5.05. The minimum atomic E-state index is 0.0801. The molecule has 1 atom stereocenters. The quantitative estimate of drug-likeness (QED) is 0.920. The zero-order valence-electron chi connectivity index (χ0n) is 11.9. The molecule has 20 heavy (non-hydrogen) atoms. The number of halogens is 1. The number of amides is 1. The van der Waals surface area contributed by atoms with Crippen LogP contribution in [0.25, 0.3) is 0 Å². The van der Waals surface area contributed by atoms with Gasteiger partial charge in [0.25, 0.3) is 5.91 Å². The van der Waals surface area contributed by atoms with E-state index in [4.69, 9.17) is 10.5 Å². The first-order valence-electron chi connectivity index (χ1n) is 6.91. The highest BCUT2D eigenvalue weighted by Gasteiger charge is 2.25. The fraction of sp³-hybridized carbons (Fsp3) is 0.533. The van der Waals surface area contributed by atoms with Crippen molar-refractivity contribution in [1.29, 1.82) is 0 Å². The van der Waals surface area contributed by atoms with Crippen LogP contribution < -0.4 is 10.5 Å². The van der Waals surface area contributed by atoms with E-state index < -0.39 is 0 Å². The molecule has 1 aromatic rings. The van der Waals surface area contributed by atoms with Gasteiger partial charge in [-0.15, -0.1) is 0 Å². The van der Waals surface area contributed by atoms with E-state index >= 15 is 0 Å². The van der Waals surface area contributed by atoms with Gasteiger partial charge in [0.05, 0.1) is 11.6 Å². The van der Waals surface area contributed by atoms with E-state index in [1.807, 2.05) is 30.0 Å². The summed E-state index contributed by atoms with van der Waals surface area (Å²) in [5.41, 5.74) is 6.62. The average Bonchev–Trinajstić information content (AvgIpc) is 2.46. The van der Waals surface area contributed by atoms with Crippen LogP contribution in [0.1, 0.15) is 30.1 Å². The van der Waals surface area contributed by atoms with Gasteiger partial charge in [-0.1, -0.05) is 0 Å². The number of carbonyl (C=O) groups is 1. The largest absolute Gasteiger partial charge is 0.496 e. The van der Waals surface area contributed by atoms with Crippen LogP contribution in [0.15, 0.2) is 22.7 Å². The Morgan fingerprint density at radius 1 is 1.45 bits per heavy atom. The van der Waals surface area contributed by atoms with Gasteiger partial charge in [0.1, 0.15) is 5.75 Å². The van der Waals surface area contributed by atoms with Crippen LogP contribution in [0.2, 0.25) is 0 Å². The van der Waals surface area contributed by atoms with Crippen LogP contribution in [0.4, 0.5) is 0 Å². The van der Waals surface area contributed by atoms with Gasteiger partial charge < -0.3 is 15.4 Å². The molecule has 0 aromatic heterocycles. The zero-order chi connectivity index (χ0) is 14.7. The number of methoxy groups -OCH3 is 1. The molecule has 1 aromatic carbocycles. The van der Waals surface area contributed by atoms with Gasteiger partial charge in [0, 0.05) is 24.7 Å². The molecule has 1 fully saturated rings. The van der Waals surface area contributed by atoms with Crippen LogP contribution in [0.3, 0.4) is 0 Å². The lowest BCUT2D eigenvalue weighted by atomic mass is 9.90. The van der Waals surface area contributed by atoms with E-state index in [9.17, 15) is 4.79 Å².